The third kappa shape index (κ3) is 1.25. The van der Waals surface area contributed by atoms with Gasteiger partial charge in [-0.15, -0.1) is 0 Å². The van der Waals surface area contributed by atoms with E-state index in [4.69, 9.17) is 0 Å². The van der Waals surface area contributed by atoms with Gasteiger partial charge in [0.1, 0.15) is 5.70 Å². The lowest BCUT2D eigenvalue weighted by Gasteiger charge is -2.17. The van der Waals surface area contributed by atoms with E-state index >= 15 is 0 Å². The van der Waals surface area contributed by atoms with Crippen LogP contribution in [0.15, 0.2) is 11.8 Å². The van der Waals surface area contributed by atoms with Crippen molar-refractivity contribution >= 4 is 0 Å². The molecule has 1 heterocycles. The Morgan fingerprint density at radius 1 is 1.50 bits per heavy atom. The van der Waals surface area contributed by atoms with Crippen LogP contribution in [0.25, 0.3) is 0 Å². The Hall–Kier alpha value is -0.670. The van der Waals surface area contributed by atoms with Crippen LogP contribution in [-0.2, 0) is 0 Å². The largest absolute Gasteiger partial charge is 0.430 e. The number of halogens is 3. The fourth-order valence-electron chi connectivity index (χ4n) is 0.880. The molecule has 0 aromatic carbocycles. The number of nitrogens with zero attached hydrogens (tertiary/aromatic N) is 1. The molecule has 1 rings (SSSR count). The first-order valence-electron chi connectivity index (χ1n) is 2.85. The molecule has 4 heteroatoms. The van der Waals surface area contributed by atoms with Crippen LogP contribution < -0.4 is 0 Å². The first-order valence-corrected chi connectivity index (χ1v) is 2.85. The number of hydrogen-bond donors (Lipinski definition) is 0. The Balaban J connectivity index is 2.72. The van der Waals surface area contributed by atoms with Crippen molar-refractivity contribution in [3.63, 3.8) is 0 Å². The summed E-state index contributed by atoms with van der Waals surface area (Å²) >= 11 is 0. The van der Waals surface area contributed by atoms with Gasteiger partial charge in [0.2, 0.25) is 0 Å². The van der Waals surface area contributed by atoms with Crippen LogP contribution in [0, 0.1) is 6.54 Å². The lowest BCUT2D eigenvalue weighted by Crippen LogP contribution is -2.22. The average molecular weight is 150 g/mol. The summed E-state index contributed by atoms with van der Waals surface area (Å²) in [5.74, 6) is 0. The summed E-state index contributed by atoms with van der Waals surface area (Å²) < 4.78 is 35.6. The molecule has 0 saturated carbocycles. The number of hydrogen-bond acceptors (Lipinski definition) is 1. The Morgan fingerprint density at radius 3 is 2.30 bits per heavy atom. The van der Waals surface area contributed by atoms with Gasteiger partial charge in [-0.1, -0.05) is 6.08 Å². The summed E-state index contributed by atoms with van der Waals surface area (Å²) in [5, 5.41) is 0. The van der Waals surface area contributed by atoms with Crippen LogP contribution in [0.2, 0.25) is 0 Å². The van der Waals surface area contributed by atoms with E-state index in [1.807, 2.05) is 0 Å². The van der Waals surface area contributed by atoms with Crippen molar-refractivity contribution in [3.05, 3.63) is 18.3 Å². The van der Waals surface area contributed by atoms with Crippen molar-refractivity contribution in [2.24, 2.45) is 0 Å². The van der Waals surface area contributed by atoms with Gasteiger partial charge in [0.15, 0.2) is 0 Å². The van der Waals surface area contributed by atoms with Crippen LogP contribution >= 0.6 is 0 Å². The summed E-state index contributed by atoms with van der Waals surface area (Å²) in [6.07, 6.45) is -2.65. The van der Waals surface area contributed by atoms with Gasteiger partial charge < -0.3 is 4.90 Å². The lowest BCUT2D eigenvalue weighted by atomic mass is 10.4. The Labute approximate surface area is 57.1 Å². The maximum atomic E-state index is 11.9. The minimum absolute atomic E-state index is 0.380. The van der Waals surface area contributed by atoms with Crippen LogP contribution in [0.1, 0.15) is 6.42 Å². The highest BCUT2D eigenvalue weighted by Gasteiger charge is 2.37. The first-order chi connectivity index (χ1) is 4.52. The van der Waals surface area contributed by atoms with Crippen LogP contribution in [0.4, 0.5) is 13.2 Å². The SMILES string of the molecule is CN1[CH]CC=C1C(F)(F)F. The summed E-state index contributed by atoms with van der Waals surface area (Å²) in [7, 11) is 1.40. The molecule has 0 unspecified atom stereocenters. The molecule has 0 aromatic rings. The first kappa shape index (κ1) is 7.44. The van der Waals surface area contributed by atoms with Crippen molar-refractivity contribution in [1.29, 1.82) is 0 Å². The van der Waals surface area contributed by atoms with E-state index < -0.39 is 11.9 Å². The highest BCUT2D eigenvalue weighted by atomic mass is 19.4. The minimum atomic E-state index is -4.19. The van der Waals surface area contributed by atoms with E-state index in [0.717, 1.165) is 4.90 Å². The van der Waals surface area contributed by atoms with Crippen LogP contribution in [-0.4, -0.2) is 18.1 Å². The van der Waals surface area contributed by atoms with Crippen molar-refractivity contribution in [1.82, 2.24) is 4.90 Å². The maximum Gasteiger partial charge on any atom is 0.430 e. The molecular formula is C6H7F3N. The van der Waals surface area contributed by atoms with Crippen LogP contribution in [0.5, 0.6) is 0 Å². The second kappa shape index (κ2) is 2.18. The van der Waals surface area contributed by atoms with Gasteiger partial charge in [-0.25, -0.2) is 0 Å². The van der Waals surface area contributed by atoms with Gasteiger partial charge in [0.05, 0.1) is 6.54 Å². The Kier molecular flexibility index (Phi) is 1.62. The minimum Gasteiger partial charge on any atom is -0.365 e. The van der Waals surface area contributed by atoms with Crippen molar-refractivity contribution in [2.75, 3.05) is 7.05 Å². The lowest BCUT2D eigenvalue weighted by molar-refractivity contribution is -0.105. The zero-order valence-corrected chi connectivity index (χ0v) is 5.44. The molecule has 0 aliphatic carbocycles. The zero-order valence-electron chi connectivity index (χ0n) is 5.44. The van der Waals surface area contributed by atoms with E-state index in [9.17, 15) is 13.2 Å². The molecule has 0 spiro atoms. The molecule has 1 aliphatic rings. The highest BCUT2D eigenvalue weighted by Crippen LogP contribution is 2.32. The summed E-state index contributed by atoms with van der Waals surface area (Å²) in [6, 6.07) is 0. The van der Waals surface area contributed by atoms with Crippen LogP contribution in [0.3, 0.4) is 0 Å². The van der Waals surface area contributed by atoms with Crippen molar-refractivity contribution in [2.45, 2.75) is 12.6 Å². The molecule has 1 radical (unpaired) electrons. The smallest absolute Gasteiger partial charge is 0.365 e. The Bertz CT molecular complexity index is 159. The Morgan fingerprint density at radius 2 is 2.10 bits per heavy atom. The number of alkyl halides is 3. The fraction of sp³-hybridized carbons (Fsp3) is 0.500. The van der Waals surface area contributed by atoms with Gasteiger partial charge in [-0.2, -0.15) is 13.2 Å². The average Bonchev–Trinajstić information content (AvgIpc) is 2.11. The van der Waals surface area contributed by atoms with Crippen molar-refractivity contribution in [3.8, 4) is 0 Å². The molecule has 1 nitrogen and oxygen atoms in total. The summed E-state index contributed by atoms with van der Waals surface area (Å²) in [5.41, 5.74) is -0.562. The van der Waals surface area contributed by atoms with Gasteiger partial charge in [-0.3, -0.25) is 0 Å². The van der Waals surface area contributed by atoms with Crippen molar-refractivity contribution < 1.29 is 13.2 Å². The predicted octanol–water partition coefficient (Wildman–Crippen LogP) is 1.93. The van der Waals surface area contributed by atoms with Gasteiger partial charge in [-0.05, 0) is 6.42 Å². The second-order valence-electron chi connectivity index (χ2n) is 2.12. The topological polar surface area (TPSA) is 3.24 Å². The monoisotopic (exact) mass is 150 g/mol. The van der Waals surface area contributed by atoms with E-state index in [0.29, 0.717) is 6.42 Å². The van der Waals surface area contributed by atoms with E-state index in [2.05, 4.69) is 0 Å². The molecule has 0 amide bonds. The molecular weight excluding hydrogens is 143 g/mol. The second-order valence-corrected chi connectivity index (χ2v) is 2.12. The summed E-state index contributed by atoms with van der Waals surface area (Å²) in [4.78, 5) is 1.10. The molecule has 57 valence electrons. The molecule has 0 bridgehead atoms. The van der Waals surface area contributed by atoms with Gasteiger partial charge >= 0.3 is 6.18 Å². The normalized spacial score (nSPS) is 19.6. The molecule has 0 aromatic heterocycles. The number of rotatable bonds is 0. The number of allylic oxidation sites excluding steroid dienone is 1. The predicted molar refractivity (Wildman–Crippen MR) is 30.8 cm³/mol. The quantitative estimate of drug-likeness (QED) is 0.510. The van der Waals surface area contributed by atoms with E-state index in [1.54, 1.807) is 0 Å². The van der Waals surface area contributed by atoms with Gasteiger partial charge in [0.25, 0.3) is 0 Å². The molecule has 0 N–H and O–H groups in total. The molecule has 1 aliphatic heterocycles. The zero-order chi connectivity index (χ0) is 7.78. The molecule has 0 fully saturated rings. The molecule has 10 heavy (non-hydrogen) atoms. The fourth-order valence-corrected chi connectivity index (χ4v) is 0.880. The standard InChI is InChI=1S/C6H7F3N/c1-10-4-2-3-5(10)6(7,8)9/h3-4H,2H2,1H3. The highest BCUT2D eigenvalue weighted by molar-refractivity contribution is 5.15. The van der Waals surface area contributed by atoms with E-state index in [1.165, 1.54) is 19.7 Å². The molecule has 0 atom stereocenters. The van der Waals surface area contributed by atoms with Gasteiger partial charge in [0, 0.05) is 7.05 Å². The van der Waals surface area contributed by atoms with E-state index in [-0.39, 0.29) is 0 Å². The third-order valence-electron chi connectivity index (χ3n) is 1.36. The third-order valence-corrected chi connectivity index (χ3v) is 1.36. The summed E-state index contributed by atoms with van der Waals surface area (Å²) in [6.45, 7) is 1.49. The maximum absolute atomic E-state index is 11.9. The molecule has 0 saturated heterocycles.